The molecule has 0 spiro atoms. The number of methoxy groups -OCH3 is 1. The molecule has 0 radical (unpaired) electrons. The molecule has 25 heavy (non-hydrogen) atoms. The third-order valence-corrected chi connectivity index (χ3v) is 3.16. The van der Waals surface area contributed by atoms with Crippen LogP contribution in [0.2, 0.25) is 0 Å². The maximum absolute atomic E-state index is 12.8. The lowest BCUT2D eigenvalue weighted by Crippen LogP contribution is -2.28. The number of carbonyl (C=O) groups is 2. The second kappa shape index (κ2) is 7.20. The molecule has 0 atom stereocenters. The normalized spacial score (nSPS) is 11.2. The minimum absolute atomic E-state index is 0.000538. The standard InChI is InChI=1S/C14H13F3N4O4/c1-25-11-3-2-8(14(15,16)17)6-9(11)12(22)18-4-5-21-7-10(13(23)24)19-20-21/h2-3,6-7H,4-5H2,1H3,(H,18,22)(H,23,24). The number of alkyl halides is 3. The minimum atomic E-state index is -4.59. The predicted molar refractivity (Wildman–Crippen MR) is 77.3 cm³/mol. The first-order chi connectivity index (χ1) is 11.7. The highest BCUT2D eigenvalue weighted by Crippen LogP contribution is 2.32. The highest BCUT2D eigenvalue weighted by molar-refractivity contribution is 5.97. The van der Waals surface area contributed by atoms with Gasteiger partial charge in [0, 0.05) is 6.54 Å². The number of aromatic carboxylic acids is 1. The van der Waals surface area contributed by atoms with Crippen LogP contribution in [0.4, 0.5) is 13.2 Å². The van der Waals surface area contributed by atoms with Gasteiger partial charge >= 0.3 is 12.1 Å². The largest absolute Gasteiger partial charge is 0.496 e. The molecule has 134 valence electrons. The van der Waals surface area contributed by atoms with E-state index in [1.165, 1.54) is 18.0 Å². The zero-order valence-electron chi connectivity index (χ0n) is 12.9. The summed E-state index contributed by atoms with van der Waals surface area (Å²) in [5, 5.41) is 18.1. The summed E-state index contributed by atoms with van der Waals surface area (Å²) in [6.45, 7) is 0.0912. The van der Waals surface area contributed by atoms with Crippen LogP contribution in [0.5, 0.6) is 5.75 Å². The highest BCUT2D eigenvalue weighted by atomic mass is 19.4. The van der Waals surface area contributed by atoms with Gasteiger partial charge in [-0.2, -0.15) is 13.2 Å². The van der Waals surface area contributed by atoms with Gasteiger partial charge in [0.15, 0.2) is 5.69 Å². The summed E-state index contributed by atoms with van der Waals surface area (Å²) in [6, 6.07) is 2.58. The number of nitrogens with zero attached hydrogens (tertiary/aromatic N) is 3. The van der Waals surface area contributed by atoms with Gasteiger partial charge in [-0.05, 0) is 18.2 Å². The van der Waals surface area contributed by atoms with Crippen LogP contribution in [0, 0.1) is 0 Å². The van der Waals surface area contributed by atoms with Crippen molar-refractivity contribution in [3.63, 3.8) is 0 Å². The lowest BCUT2D eigenvalue weighted by molar-refractivity contribution is -0.137. The van der Waals surface area contributed by atoms with E-state index in [9.17, 15) is 22.8 Å². The van der Waals surface area contributed by atoms with Crippen molar-refractivity contribution in [3.05, 3.63) is 41.2 Å². The number of aromatic nitrogens is 3. The molecule has 11 heteroatoms. The first kappa shape index (κ1) is 18.2. The van der Waals surface area contributed by atoms with Gasteiger partial charge < -0.3 is 15.2 Å². The molecule has 1 heterocycles. The number of hydrogen-bond donors (Lipinski definition) is 2. The molecule has 0 saturated carbocycles. The lowest BCUT2D eigenvalue weighted by Gasteiger charge is -2.12. The van der Waals surface area contributed by atoms with E-state index in [2.05, 4.69) is 15.6 Å². The Balaban J connectivity index is 2.05. The molecule has 2 N–H and O–H groups in total. The summed E-state index contributed by atoms with van der Waals surface area (Å²) in [7, 11) is 1.24. The maximum Gasteiger partial charge on any atom is 0.416 e. The van der Waals surface area contributed by atoms with Gasteiger partial charge in [0.05, 0.1) is 31.0 Å². The summed E-state index contributed by atoms with van der Waals surface area (Å²) in [4.78, 5) is 22.8. The van der Waals surface area contributed by atoms with Gasteiger partial charge in [-0.1, -0.05) is 5.21 Å². The van der Waals surface area contributed by atoms with Crippen molar-refractivity contribution in [2.45, 2.75) is 12.7 Å². The Morgan fingerprint density at radius 2 is 2.08 bits per heavy atom. The van der Waals surface area contributed by atoms with E-state index < -0.39 is 23.6 Å². The van der Waals surface area contributed by atoms with Crippen LogP contribution in [-0.4, -0.2) is 45.6 Å². The second-order valence-electron chi connectivity index (χ2n) is 4.84. The first-order valence-electron chi connectivity index (χ1n) is 6.89. The number of benzene rings is 1. The summed E-state index contributed by atoms with van der Waals surface area (Å²) >= 11 is 0. The fraction of sp³-hybridized carbons (Fsp3) is 0.286. The van der Waals surface area contributed by atoms with E-state index in [0.717, 1.165) is 12.1 Å². The Morgan fingerprint density at radius 1 is 1.36 bits per heavy atom. The summed E-state index contributed by atoms with van der Waals surface area (Å²) in [6.07, 6.45) is -3.42. The van der Waals surface area contributed by atoms with Crippen molar-refractivity contribution in [1.82, 2.24) is 20.3 Å². The maximum atomic E-state index is 12.8. The van der Waals surface area contributed by atoms with Gasteiger partial charge in [0.2, 0.25) is 0 Å². The van der Waals surface area contributed by atoms with Crippen molar-refractivity contribution in [2.75, 3.05) is 13.7 Å². The number of carboxylic acid groups (broad SMARTS) is 1. The quantitative estimate of drug-likeness (QED) is 0.809. The third-order valence-electron chi connectivity index (χ3n) is 3.16. The van der Waals surface area contributed by atoms with E-state index in [4.69, 9.17) is 9.84 Å². The third kappa shape index (κ3) is 4.46. The average molecular weight is 358 g/mol. The molecule has 1 amide bonds. The number of halogens is 3. The van der Waals surface area contributed by atoms with Gasteiger partial charge in [0.25, 0.3) is 5.91 Å². The molecule has 0 aliphatic carbocycles. The van der Waals surface area contributed by atoms with Crippen LogP contribution in [-0.2, 0) is 12.7 Å². The van der Waals surface area contributed by atoms with E-state index in [1.54, 1.807) is 0 Å². The molecule has 0 aliphatic rings. The number of carboxylic acids is 1. The van der Waals surface area contributed by atoms with Gasteiger partial charge in [0.1, 0.15) is 5.75 Å². The fourth-order valence-electron chi connectivity index (χ4n) is 1.95. The second-order valence-corrected chi connectivity index (χ2v) is 4.84. The van der Waals surface area contributed by atoms with Crippen molar-refractivity contribution in [3.8, 4) is 5.75 Å². The molecule has 1 aromatic heterocycles. The molecule has 0 fully saturated rings. The van der Waals surface area contributed by atoms with E-state index >= 15 is 0 Å². The Bertz CT molecular complexity index is 789. The molecule has 2 rings (SSSR count). The van der Waals surface area contributed by atoms with Gasteiger partial charge in [-0.25, -0.2) is 9.48 Å². The molecular weight excluding hydrogens is 345 g/mol. The monoisotopic (exact) mass is 358 g/mol. The first-order valence-corrected chi connectivity index (χ1v) is 6.89. The van der Waals surface area contributed by atoms with E-state index in [-0.39, 0.29) is 30.1 Å². The van der Waals surface area contributed by atoms with E-state index in [1.807, 2.05) is 0 Å². The number of nitrogens with one attached hydrogen (secondary N) is 1. The Labute approximate surface area is 139 Å². The SMILES string of the molecule is COc1ccc(C(F)(F)F)cc1C(=O)NCCn1cc(C(=O)O)nn1. The number of rotatable bonds is 6. The van der Waals surface area contributed by atoms with Gasteiger partial charge in [-0.3, -0.25) is 4.79 Å². The Hall–Kier alpha value is -3.11. The molecule has 2 aromatic rings. The molecule has 0 saturated heterocycles. The zero-order valence-corrected chi connectivity index (χ0v) is 12.9. The van der Waals surface area contributed by atoms with Crippen molar-refractivity contribution >= 4 is 11.9 Å². The van der Waals surface area contributed by atoms with Crippen LogP contribution in [0.3, 0.4) is 0 Å². The summed E-state index contributed by atoms with van der Waals surface area (Å²) in [5.74, 6) is -2.01. The van der Waals surface area contributed by atoms with Crippen LogP contribution in [0.15, 0.2) is 24.4 Å². The highest BCUT2D eigenvalue weighted by Gasteiger charge is 2.32. The fourth-order valence-corrected chi connectivity index (χ4v) is 1.95. The average Bonchev–Trinajstić information content (AvgIpc) is 3.02. The van der Waals surface area contributed by atoms with E-state index in [0.29, 0.717) is 6.07 Å². The van der Waals surface area contributed by atoms with Crippen LogP contribution in [0.25, 0.3) is 0 Å². The zero-order chi connectivity index (χ0) is 18.6. The number of hydrogen-bond acceptors (Lipinski definition) is 5. The summed E-state index contributed by atoms with van der Waals surface area (Å²) in [5.41, 5.74) is -1.49. The predicted octanol–water partition coefficient (Wildman–Crippen LogP) is 1.43. The number of ether oxygens (including phenoxy) is 1. The molecule has 8 nitrogen and oxygen atoms in total. The molecule has 1 aromatic carbocycles. The lowest BCUT2D eigenvalue weighted by atomic mass is 10.1. The molecule has 0 bridgehead atoms. The molecule has 0 aliphatic heterocycles. The smallest absolute Gasteiger partial charge is 0.416 e. The van der Waals surface area contributed by atoms with Crippen molar-refractivity contribution in [1.29, 1.82) is 0 Å². The topological polar surface area (TPSA) is 106 Å². The van der Waals surface area contributed by atoms with Crippen LogP contribution in [0.1, 0.15) is 26.4 Å². The number of amides is 1. The van der Waals surface area contributed by atoms with Crippen LogP contribution >= 0.6 is 0 Å². The minimum Gasteiger partial charge on any atom is -0.496 e. The Morgan fingerprint density at radius 3 is 2.64 bits per heavy atom. The van der Waals surface area contributed by atoms with Gasteiger partial charge in [-0.15, -0.1) is 5.10 Å². The summed E-state index contributed by atoms with van der Waals surface area (Å²) < 4.78 is 44.4. The van der Waals surface area contributed by atoms with Crippen LogP contribution < -0.4 is 10.1 Å². The number of carbonyl (C=O) groups excluding carboxylic acids is 1. The molecule has 0 unspecified atom stereocenters. The van der Waals surface area contributed by atoms with Crippen molar-refractivity contribution in [2.24, 2.45) is 0 Å². The van der Waals surface area contributed by atoms with Crippen molar-refractivity contribution < 1.29 is 32.6 Å². The molecular formula is C14H13F3N4O4. The Kier molecular flexibility index (Phi) is 5.25.